The molecule has 0 saturated carbocycles. The summed E-state index contributed by atoms with van der Waals surface area (Å²) in [6.07, 6.45) is 1.58. The second-order valence-electron chi connectivity index (χ2n) is 6.47. The first kappa shape index (κ1) is 23.1. The summed E-state index contributed by atoms with van der Waals surface area (Å²) in [6.45, 7) is 4.48. The van der Waals surface area contributed by atoms with Crippen LogP contribution in [0.5, 0.6) is 0 Å². The van der Waals surface area contributed by atoms with Crippen LogP contribution in [0.4, 0.5) is 4.79 Å². The van der Waals surface area contributed by atoms with Crippen LogP contribution in [0.15, 0.2) is 35.6 Å². The predicted molar refractivity (Wildman–Crippen MR) is 106 cm³/mol. The van der Waals surface area contributed by atoms with Gasteiger partial charge in [-0.25, -0.2) is 4.79 Å². The fourth-order valence-electron chi connectivity index (χ4n) is 2.72. The summed E-state index contributed by atoms with van der Waals surface area (Å²) in [5.41, 5.74) is 0.960. The number of hydrogen-bond acceptors (Lipinski definition) is 5. The summed E-state index contributed by atoms with van der Waals surface area (Å²) in [7, 11) is 1.30. The SMILES string of the molecule is CCCN(CCC[C@H](NC(C)=O)C(=O)NCc1ccccc1)C(=O)N(C)N=O. The van der Waals surface area contributed by atoms with Crippen molar-refractivity contribution in [1.29, 1.82) is 0 Å². The molecular weight excluding hydrogens is 362 g/mol. The van der Waals surface area contributed by atoms with E-state index >= 15 is 0 Å². The maximum atomic E-state index is 12.5. The standard InChI is InChI=1S/C19H29N5O4/c1-4-12-24(19(27)23(3)22-28)13-8-11-17(21-15(2)25)18(26)20-14-16-9-6-5-7-10-16/h5-7,9-10,17H,4,8,11-14H2,1-3H3,(H,20,26)(H,21,25)/t17-/m0/s1. The minimum absolute atomic E-state index is 0.279. The number of urea groups is 1. The number of nitroso groups, excluding NO2 is 1. The summed E-state index contributed by atoms with van der Waals surface area (Å²) >= 11 is 0. The van der Waals surface area contributed by atoms with Crippen LogP contribution in [0, 0.1) is 4.91 Å². The maximum Gasteiger partial charge on any atom is 0.342 e. The lowest BCUT2D eigenvalue weighted by molar-refractivity contribution is -0.128. The van der Waals surface area contributed by atoms with E-state index in [0.29, 0.717) is 32.5 Å². The fourth-order valence-corrected chi connectivity index (χ4v) is 2.72. The topological polar surface area (TPSA) is 111 Å². The first-order valence-electron chi connectivity index (χ1n) is 9.33. The van der Waals surface area contributed by atoms with Gasteiger partial charge in [-0.05, 0) is 24.8 Å². The van der Waals surface area contributed by atoms with Crippen LogP contribution in [-0.2, 0) is 16.1 Å². The van der Waals surface area contributed by atoms with Crippen LogP contribution in [0.25, 0.3) is 0 Å². The van der Waals surface area contributed by atoms with Crippen molar-refractivity contribution in [2.75, 3.05) is 20.1 Å². The summed E-state index contributed by atoms with van der Waals surface area (Å²) < 4.78 is 0. The Kier molecular flexibility index (Phi) is 10.2. The summed E-state index contributed by atoms with van der Waals surface area (Å²) in [5, 5.41) is 8.84. The van der Waals surface area contributed by atoms with Gasteiger partial charge >= 0.3 is 6.03 Å². The van der Waals surface area contributed by atoms with Gasteiger partial charge in [-0.1, -0.05) is 37.3 Å². The van der Waals surface area contributed by atoms with Gasteiger partial charge in [0, 0.05) is 33.6 Å². The normalized spacial score (nSPS) is 11.2. The van der Waals surface area contributed by atoms with Crippen molar-refractivity contribution in [3.8, 4) is 0 Å². The molecule has 154 valence electrons. The van der Waals surface area contributed by atoms with Crippen molar-refractivity contribution in [2.45, 2.75) is 45.7 Å². The Morgan fingerprint density at radius 1 is 1.14 bits per heavy atom. The summed E-state index contributed by atoms with van der Waals surface area (Å²) in [4.78, 5) is 48.1. The van der Waals surface area contributed by atoms with Crippen LogP contribution in [0.3, 0.4) is 0 Å². The van der Waals surface area contributed by atoms with Gasteiger partial charge in [-0.15, -0.1) is 4.91 Å². The Labute approximate surface area is 165 Å². The van der Waals surface area contributed by atoms with E-state index in [2.05, 4.69) is 15.9 Å². The van der Waals surface area contributed by atoms with Crippen LogP contribution in [-0.4, -0.2) is 53.9 Å². The van der Waals surface area contributed by atoms with Crippen molar-refractivity contribution in [1.82, 2.24) is 20.5 Å². The molecule has 1 rings (SSSR count). The van der Waals surface area contributed by atoms with Crippen molar-refractivity contribution in [3.05, 3.63) is 40.8 Å². The molecular formula is C19H29N5O4. The number of carbonyl (C=O) groups is 3. The number of hydrogen-bond donors (Lipinski definition) is 2. The van der Waals surface area contributed by atoms with Crippen molar-refractivity contribution < 1.29 is 14.4 Å². The highest BCUT2D eigenvalue weighted by molar-refractivity contribution is 5.86. The van der Waals surface area contributed by atoms with E-state index in [9.17, 15) is 19.3 Å². The first-order valence-corrected chi connectivity index (χ1v) is 9.33. The van der Waals surface area contributed by atoms with Gasteiger partial charge in [0.1, 0.15) is 6.04 Å². The number of carbonyl (C=O) groups excluding carboxylic acids is 3. The molecule has 1 aromatic rings. The Hall–Kier alpha value is -2.97. The average molecular weight is 391 g/mol. The third kappa shape index (κ3) is 8.15. The van der Waals surface area contributed by atoms with E-state index in [4.69, 9.17) is 0 Å². The molecule has 0 saturated heterocycles. The Bertz CT molecular complexity index is 653. The van der Waals surface area contributed by atoms with E-state index in [1.54, 1.807) is 0 Å². The number of benzene rings is 1. The van der Waals surface area contributed by atoms with E-state index in [-0.39, 0.29) is 11.8 Å². The van der Waals surface area contributed by atoms with E-state index in [1.807, 2.05) is 37.3 Å². The second-order valence-corrected chi connectivity index (χ2v) is 6.47. The molecule has 9 heteroatoms. The molecule has 0 fully saturated rings. The first-order chi connectivity index (χ1) is 13.4. The van der Waals surface area contributed by atoms with Gasteiger partial charge < -0.3 is 15.5 Å². The maximum absolute atomic E-state index is 12.5. The molecule has 0 unspecified atom stereocenters. The zero-order valence-corrected chi connectivity index (χ0v) is 16.7. The smallest absolute Gasteiger partial charge is 0.342 e. The Balaban J connectivity index is 2.61. The molecule has 0 aliphatic heterocycles. The molecule has 28 heavy (non-hydrogen) atoms. The van der Waals surface area contributed by atoms with Crippen LogP contribution < -0.4 is 10.6 Å². The van der Waals surface area contributed by atoms with Gasteiger partial charge in [-0.3, -0.25) is 9.59 Å². The van der Waals surface area contributed by atoms with Gasteiger partial charge in [-0.2, -0.15) is 5.01 Å². The van der Waals surface area contributed by atoms with Gasteiger partial charge in [0.2, 0.25) is 11.8 Å². The Morgan fingerprint density at radius 2 is 1.82 bits per heavy atom. The number of nitrogens with one attached hydrogen (secondary N) is 2. The molecule has 0 aliphatic rings. The van der Waals surface area contributed by atoms with E-state index < -0.39 is 12.1 Å². The highest BCUT2D eigenvalue weighted by Crippen LogP contribution is 2.06. The second kappa shape index (κ2) is 12.4. The molecule has 1 atom stereocenters. The van der Waals surface area contributed by atoms with Crippen molar-refractivity contribution in [2.24, 2.45) is 5.29 Å². The minimum atomic E-state index is -0.693. The summed E-state index contributed by atoms with van der Waals surface area (Å²) in [6, 6.07) is 8.29. The molecule has 0 spiro atoms. The quantitative estimate of drug-likeness (QED) is 0.444. The van der Waals surface area contributed by atoms with Crippen molar-refractivity contribution in [3.63, 3.8) is 0 Å². The van der Waals surface area contributed by atoms with E-state index in [1.165, 1.54) is 18.9 Å². The lowest BCUT2D eigenvalue weighted by Gasteiger charge is -2.25. The number of amides is 4. The lowest BCUT2D eigenvalue weighted by atomic mass is 10.1. The average Bonchev–Trinajstić information content (AvgIpc) is 2.69. The molecule has 0 heterocycles. The summed E-state index contributed by atoms with van der Waals surface area (Å²) in [5.74, 6) is -0.578. The molecule has 0 aromatic heterocycles. The van der Waals surface area contributed by atoms with Gasteiger partial charge in [0.25, 0.3) is 0 Å². The van der Waals surface area contributed by atoms with Crippen molar-refractivity contribution >= 4 is 17.8 Å². The van der Waals surface area contributed by atoms with Crippen LogP contribution in [0.2, 0.25) is 0 Å². The molecule has 1 aromatic carbocycles. The Morgan fingerprint density at radius 3 is 2.39 bits per heavy atom. The van der Waals surface area contributed by atoms with Crippen LogP contribution in [0.1, 0.15) is 38.7 Å². The van der Waals surface area contributed by atoms with Gasteiger partial charge in [0.15, 0.2) is 0 Å². The highest BCUT2D eigenvalue weighted by Gasteiger charge is 2.21. The molecule has 0 aliphatic carbocycles. The number of rotatable bonds is 11. The molecule has 0 radical (unpaired) electrons. The molecule has 2 N–H and O–H groups in total. The zero-order chi connectivity index (χ0) is 20.9. The minimum Gasteiger partial charge on any atom is -0.350 e. The highest BCUT2D eigenvalue weighted by atomic mass is 16.3. The predicted octanol–water partition coefficient (Wildman–Crippen LogP) is 2.03. The molecule has 9 nitrogen and oxygen atoms in total. The molecule has 0 bridgehead atoms. The van der Waals surface area contributed by atoms with Gasteiger partial charge in [0.05, 0.1) is 5.29 Å². The molecule has 4 amide bonds. The third-order valence-corrected chi connectivity index (χ3v) is 4.09. The zero-order valence-electron chi connectivity index (χ0n) is 16.7. The van der Waals surface area contributed by atoms with E-state index in [0.717, 1.165) is 17.0 Å². The number of nitrogens with zero attached hydrogens (tertiary/aromatic N) is 3. The largest absolute Gasteiger partial charge is 0.350 e. The third-order valence-electron chi connectivity index (χ3n) is 4.09. The fraction of sp³-hybridized carbons (Fsp3) is 0.526. The monoisotopic (exact) mass is 391 g/mol. The van der Waals surface area contributed by atoms with Crippen LogP contribution >= 0.6 is 0 Å². The lowest BCUT2D eigenvalue weighted by Crippen LogP contribution is -2.46.